The third-order valence-corrected chi connectivity index (χ3v) is 7.07. The lowest BCUT2D eigenvalue weighted by Crippen LogP contribution is -2.58. The molecule has 3 nitrogen and oxygen atoms in total. The van der Waals surface area contributed by atoms with Gasteiger partial charge in [-0.3, -0.25) is 4.79 Å². The molecule has 0 radical (unpaired) electrons. The molecule has 19 heavy (non-hydrogen) atoms. The number of nitrogens with two attached hydrogens (primary N) is 1. The summed E-state index contributed by atoms with van der Waals surface area (Å²) in [4.78, 5) is 11.4. The second-order valence-corrected chi connectivity index (χ2v) is 8.17. The molecule has 0 aromatic heterocycles. The fraction of sp³-hybridized carbons (Fsp3) is 0.938. The van der Waals surface area contributed by atoms with Crippen molar-refractivity contribution in [3.63, 3.8) is 0 Å². The lowest BCUT2D eigenvalue weighted by molar-refractivity contribution is -0.174. The Balaban J connectivity index is 1.54. The summed E-state index contributed by atoms with van der Waals surface area (Å²) in [6.45, 7) is 0.325. The fourth-order valence-corrected chi connectivity index (χ4v) is 6.42. The van der Waals surface area contributed by atoms with Crippen molar-refractivity contribution in [3.8, 4) is 0 Å². The minimum Gasteiger partial charge on any atom is -0.481 e. The molecule has 0 saturated heterocycles. The summed E-state index contributed by atoms with van der Waals surface area (Å²) < 4.78 is 0. The molecule has 0 atom stereocenters. The van der Waals surface area contributed by atoms with Crippen LogP contribution in [-0.2, 0) is 4.79 Å². The Hall–Kier alpha value is -0.570. The van der Waals surface area contributed by atoms with Crippen LogP contribution in [0.2, 0.25) is 0 Å². The van der Waals surface area contributed by atoms with Crippen LogP contribution in [0.25, 0.3) is 0 Å². The average Bonchev–Trinajstić information content (AvgIpc) is 2.25. The quantitative estimate of drug-likeness (QED) is 0.822. The highest BCUT2D eigenvalue weighted by molar-refractivity contribution is 5.76. The Morgan fingerprint density at radius 2 is 1.47 bits per heavy atom. The minimum atomic E-state index is -0.657. The van der Waals surface area contributed by atoms with Crippen molar-refractivity contribution >= 4 is 5.97 Å². The topological polar surface area (TPSA) is 63.3 Å². The van der Waals surface area contributed by atoms with Gasteiger partial charge in [0.2, 0.25) is 0 Å². The van der Waals surface area contributed by atoms with Crippen molar-refractivity contribution in [1.82, 2.24) is 0 Å². The van der Waals surface area contributed by atoms with Crippen LogP contribution in [0.15, 0.2) is 0 Å². The van der Waals surface area contributed by atoms with Crippen LogP contribution in [0.4, 0.5) is 0 Å². The molecule has 4 bridgehead atoms. The Labute approximate surface area is 114 Å². The summed E-state index contributed by atoms with van der Waals surface area (Å²) in [6, 6.07) is 0. The molecular formula is C16H25NO2. The zero-order valence-electron chi connectivity index (χ0n) is 11.6. The fourth-order valence-electron chi connectivity index (χ4n) is 6.42. The highest BCUT2D eigenvalue weighted by Crippen LogP contribution is 2.68. The SMILES string of the molecule is NCC1(C(=O)O)CC(C23CC4CC(CC(C4)C2)C3)C1. The van der Waals surface area contributed by atoms with Crippen molar-refractivity contribution in [3.05, 3.63) is 0 Å². The van der Waals surface area contributed by atoms with Gasteiger partial charge in [0.15, 0.2) is 0 Å². The van der Waals surface area contributed by atoms with Gasteiger partial charge in [-0.1, -0.05) is 0 Å². The van der Waals surface area contributed by atoms with E-state index in [-0.39, 0.29) is 0 Å². The van der Waals surface area contributed by atoms with Gasteiger partial charge < -0.3 is 10.8 Å². The predicted molar refractivity (Wildman–Crippen MR) is 72.5 cm³/mol. The summed E-state index contributed by atoms with van der Waals surface area (Å²) in [7, 11) is 0. The van der Waals surface area contributed by atoms with E-state index in [0.717, 1.165) is 30.6 Å². The van der Waals surface area contributed by atoms with Crippen LogP contribution in [-0.4, -0.2) is 17.6 Å². The third-order valence-electron chi connectivity index (χ3n) is 7.07. The average molecular weight is 263 g/mol. The van der Waals surface area contributed by atoms with Gasteiger partial charge in [-0.2, -0.15) is 0 Å². The third kappa shape index (κ3) is 1.57. The molecule has 0 amide bonds. The molecule has 0 spiro atoms. The molecule has 5 saturated carbocycles. The molecule has 0 unspecified atom stereocenters. The van der Waals surface area contributed by atoms with Gasteiger partial charge in [-0.15, -0.1) is 0 Å². The number of carboxylic acids is 1. The highest BCUT2D eigenvalue weighted by Gasteiger charge is 2.61. The maximum atomic E-state index is 11.4. The maximum absolute atomic E-state index is 11.4. The van der Waals surface area contributed by atoms with Crippen LogP contribution in [0.5, 0.6) is 0 Å². The Morgan fingerprint density at radius 3 is 1.84 bits per heavy atom. The molecular weight excluding hydrogens is 238 g/mol. The van der Waals surface area contributed by atoms with Crippen LogP contribution in [0, 0.1) is 34.5 Å². The Kier molecular flexibility index (Phi) is 2.41. The smallest absolute Gasteiger partial charge is 0.310 e. The van der Waals surface area contributed by atoms with Gasteiger partial charge in [0.1, 0.15) is 0 Å². The van der Waals surface area contributed by atoms with E-state index in [9.17, 15) is 9.90 Å². The molecule has 0 aliphatic heterocycles. The lowest BCUT2D eigenvalue weighted by atomic mass is 9.41. The number of carbonyl (C=O) groups is 1. The molecule has 5 aliphatic carbocycles. The van der Waals surface area contributed by atoms with Crippen LogP contribution >= 0.6 is 0 Å². The van der Waals surface area contributed by atoms with Crippen molar-refractivity contribution < 1.29 is 9.90 Å². The van der Waals surface area contributed by atoms with E-state index in [2.05, 4.69) is 0 Å². The molecule has 3 heteroatoms. The molecule has 5 rings (SSSR count). The van der Waals surface area contributed by atoms with Gasteiger partial charge in [0, 0.05) is 6.54 Å². The number of hydrogen-bond acceptors (Lipinski definition) is 2. The summed E-state index contributed by atoms with van der Waals surface area (Å²) in [6.07, 6.45) is 10.3. The lowest BCUT2D eigenvalue weighted by Gasteiger charge is -2.64. The number of hydrogen-bond donors (Lipinski definition) is 2. The van der Waals surface area contributed by atoms with E-state index in [1.54, 1.807) is 0 Å². The predicted octanol–water partition coefficient (Wildman–Crippen LogP) is 2.64. The second-order valence-electron chi connectivity index (χ2n) is 8.17. The normalized spacial score (nSPS) is 55.0. The molecule has 5 fully saturated rings. The molecule has 5 aliphatic rings. The summed E-state index contributed by atoms with van der Waals surface area (Å²) in [5.74, 6) is 2.88. The highest BCUT2D eigenvalue weighted by atomic mass is 16.4. The van der Waals surface area contributed by atoms with Gasteiger partial charge in [0.25, 0.3) is 0 Å². The van der Waals surface area contributed by atoms with Crippen LogP contribution in [0.1, 0.15) is 51.4 Å². The molecule has 0 heterocycles. The summed E-state index contributed by atoms with van der Waals surface area (Å²) >= 11 is 0. The van der Waals surface area contributed by atoms with E-state index >= 15 is 0 Å². The number of aliphatic carboxylic acids is 1. The number of carboxylic acid groups (broad SMARTS) is 1. The largest absolute Gasteiger partial charge is 0.481 e. The minimum absolute atomic E-state index is 0.325. The standard InChI is InChI=1S/C16H25NO2/c17-9-16(14(18)19)7-13(8-16)15-4-10-1-11(5-15)3-12(2-10)6-15/h10-13H,1-9,17H2,(H,18,19). The first-order valence-corrected chi connectivity index (χ1v) is 7.99. The summed E-state index contributed by atoms with van der Waals surface area (Å²) in [5, 5.41) is 9.40. The van der Waals surface area contributed by atoms with E-state index in [1.807, 2.05) is 0 Å². The first-order chi connectivity index (χ1) is 9.05. The zero-order valence-corrected chi connectivity index (χ0v) is 11.6. The van der Waals surface area contributed by atoms with Crippen molar-refractivity contribution in [2.24, 2.45) is 40.2 Å². The van der Waals surface area contributed by atoms with Crippen LogP contribution < -0.4 is 5.73 Å². The van der Waals surface area contributed by atoms with Gasteiger partial charge in [-0.25, -0.2) is 0 Å². The first kappa shape index (κ1) is 12.2. The van der Waals surface area contributed by atoms with E-state index < -0.39 is 11.4 Å². The molecule has 0 aromatic rings. The van der Waals surface area contributed by atoms with Crippen molar-refractivity contribution in [2.45, 2.75) is 51.4 Å². The zero-order chi connectivity index (χ0) is 13.3. The van der Waals surface area contributed by atoms with Gasteiger partial charge in [-0.05, 0) is 80.5 Å². The van der Waals surface area contributed by atoms with Crippen molar-refractivity contribution in [2.75, 3.05) is 6.54 Å². The number of rotatable bonds is 3. The van der Waals surface area contributed by atoms with Gasteiger partial charge >= 0.3 is 5.97 Å². The Morgan fingerprint density at radius 1 is 1.00 bits per heavy atom. The van der Waals surface area contributed by atoms with Crippen LogP contribution in [0.3, 0.4) is 0 Å². The first-order valence-electron chi connectivity index (χ1n) is 7.99. The summed E-state index contributed by atoms with van der Waals surface area (Å²) in [5.41, 5.74) is 5.68. The molecule has 0 aromatic carbocycles. The molecule has 106 valence electrons. The Bertz CT molecular complexity index is 376. The second kappa shape index (κ2) is 3.75. The maximum Gasteiger partial charge on any atom is 0.310 e. The van der Waals surface area contributed by atoms with E-state index in [0.29, 0.717) is 17.9 Å². The monoisotopic (exact) mass is 263 g/mol. The molecule has 3 N–H and O–H groups in total. The van der Waals surface area contributed by atoms with E-state index in [1.165, 1.54) is 38.5 Å². The van der Waals surface area contributed by atoms with Crippen molar-refractivity contribution in [1.29, 1.82) is 0 Å². The van der Waals surface area contributed by atoms with E-state index in [4.69, 9.17) is 5.73 Å². The van der Waals surface area contributed by atoms with Gasteiger partial charge in [0.05, 0.1) is 5.41 Å².